The number of para-hydroxylation sites is 1. The largest absolute Gasteiger partial charge is 0.454 e. The molecule has 0 radical (unpaired) electrons. The van der Waals surface area contributed by atoms with Crippen LogP contribution in [-0.4, -0.2) is 12.9 Å². The lowest BCUT2D eigenvalue weighted by Gasteiger charge is -2.07. The first kappa shape index (κ1) is 12.3. The molecular weight excluding hydrogens is 258 g/mol. The first-order chi connectivity index (χ1) is 9.81. The smallest absolute Gasteiger partial charge is 0.411 e. The van der Waals surface area contributed by atoms with E-state index in [0.717, 1.165) is 5.56 Å². The predicted molar refractivity (Wildman–Crippen MR) is 72.8 cm³/mol. The van der Waals surface area contributed by atoms with Gasteiger partial charge in [0.15, 0.2) is 11.5 Å². The molecule has 3 rings (SSSR count). The first-order valence-electron chi connectivity index (χ1n) is 6.18. The Morgan fingerprint density at radius 1 is 1.10 bits per heavy atom. The number of hydrogen-bond donors (Lipinski definition) is 1. The molecule has 5 nitrogen and oxygen atoms in total. The zero-order valence-corrected chi connectivity index (χ0v) is 10.7. The van der Waals surface area contributed by atoms with Gasteiger partial charge in [0.1, 0.15) is 6.61 Å². The van der Waals surface area contributed by atoms with Crippen molar-refractivity contribution in [3.8, 4) is 11.5 Å². The molecule has 0 spiro atoms. The van der Waals surface area contributed by atoms with Gasteiger partial charge in [-0.2, -0.15) is 0 Å². The van der Waals surface area contributed by atoms with Crippen molar-refractivity contribution in [2.45, 2.75) is 6.61 Å². The molecule has 1 heterocycles. The predicted octanol–water partition coefficient (Wildman–Crippen LogP) is 3.16. The van der Waals surface area contributed by atoms with Gasteiger partial charge in [0, 0.05) is 5.69 Å². The number of amides is 1. The number of carbonyl (C=O) groups excluding carboxylic acids is 1. The van der Waals surface area contributed by atoms with Crippen LogP contribution >= 0.6 is 0 Å². The van der Waals surface area contributed by atoms with Crippen LogP contribution in [0.25, 0.3) is 0 Å². The van der Waals surface area contributed by atoms with Gasteiger partial charge >= 0.3 is 6.09 Å². The molecular formula is C15H13NO4. The Kier molecular flexibility index (Phi) is 3.41. The van der Waals surface area contributed by atoms with Crippen molar-refractivity contribution in [3.05, 3.63) is 54.1 Å². The average Bonchev–Trinajstić information content (AvgIpc) is 2.93. The van der Waals surface area contributed by atoms with Gasteiger partial charge in [0.25, 0.3) is 0 Å². The summed E-state index contributed by atoms with van der Waals surface area (Å²) in [6, 6.07) is 14.6. The van der Waals surface area contributed by atoms with Crippen LogP contribution in [0.2, 0.25) is 0 Å². The van der Waals surface area contributed by atoms with E-state index >= 15 is 0 Å². The van der Waals surface area contributed by atoms with E-state index in [1.807, 2.05) is 24.3 Å². The fourth-order valence-corrected chi connectivity index (χ4v) is 1.86. The number of nitrogens with one attached hydrogen (secondary N) is 1. The van der Waals surface area contributed by atoms with E-state index in [4.69, 9.17) is 14.2 Å². The van der Waals surface area contributed by atoms with Gasteiger partial charge in [-0.1, -0.05) is 24.3 Å². The summed E-state index contributed by atoms with van der Waals surface area (Å²) >= 11 is 0. The van der Waals surface area contributed by atoms with E-state index in [2.05, 4.69) is 5.32 Å². The molecule has 1 aliphatic heterocycles. The molecule has 0 atom stereocenters. The van der Waals surface area contributed by atoms with Gasteiger partial charge in [-0.3, -0.25) is 5.32 Å². The minimum absolute atomic E-state index is 0.176. The molecule has 0 saturated heterocycles. The molecule has 1 N–H and O–H groups in total. The molecule has 1 aliphatic rings. The highest BCUT2D eigenvalue weighted by molar-refractivity contribution is 5.84. The number of ether oxygens (including phenoxy) is 3. The number of carbonyl (C=O) groups is 1. The van der Waals surface area contributed by atoms with Crippen molar-refractivity contribution in [2.24, 2.45) is 0 Å². The van der Waals surface area contributed by atoms with Crippen LogP contribution in [0.1, 0.15) is 5.56 Å². The van der Waals surface area contributed by atoms with Crippen molar-refractivity contribution in [1.29, 1.82) is 0 Å². The van der Waals surface area contributed by atoms with Crippen LogP contribution in [0, 0.1) is 0 Å². The second-order valence-electron chi connectivity index (χ2n) is 4.25. The highest BCUT2D eigenvalue weighted by Crippen LogP contribution is 2.32. The summed E-state index contributed by atoms with van der Waals surface area (Å²) in [5, 5.41) is 2.65. The SMILES string of the molecule is O=C(Nc1ccccc1)OCc1ccc2c(c1)OCO2. The minimum atomic E-state index is -0.492. The number of anilines is 1. The van der Waals surface area contributed by atoms with E-state index in [0.29, 0.717) is 17.2 Å². The first-order valence-corrected chi connectivity index (χ1v) is 6.18. The third kappa shape index (κ3) is 2.83. The molecule has 2 aromatic carbocycles. The summed E-state index contributed by atoms with van der Waals surface area (Å²) in [6.07, 6.45) is -0.492. The zero-order chi connectivity index (χ0) is 13.8. The van der Waals surface area contributed by atoms with Gasteiger partial charge in [0.05, 0.1) is 0 Å². The quantitative estimate of drug-likeness (QED) is 0.931. The van der Waals surface area contributed by atoms with Crippen LogP contribution < -0.4 is 14.8 Å². The summed E-state index contributed by atoms with van der Waals surface area (Å²) in [5.41, 5.74) is 1.54. The molecule has 0 aromatic heterocycles. The summed E-state index contributed by atoms with van der Waals surface area (Å²) in [7, 11) is 0. The lowest BCUT2D eigenvalue weighted by Crippen LogP contribution is -2.13. The van der Waals surface area contributed by atoms with Crippen LogP contribution in [-0.2, 0) is 11.3 Å². The Morgan fingerprint density at radius 2 is 1.90 bits per heavy atom. The highest BCUT2D eigenvalue weighted by atomic mass is 16.7. The number of hydrogen-bond acceptors (Lipinski definition) is 4. The van der Waals surface area contributed by atoms with E-state index in [9.17, 15) is 4.79 Å². The van der Waals surface area contributed by atoms with Crippen molar-refractivity contribution in [1.82, 2.24) is 0 Å². The van der Waals surface area contributed by atoms with Crippen molar-refractivity contribution < 1.29 is 19.0 Å². The van der Waals surface area contributed by atoms with Crippen LogP contribution in [0.5, 0.6) is 11.5 Å². The monoisotopic (exact) mass is 271 g/mol. The van der Waals surface area contributed by atoms with E-state index in [-0.39, 0.29) is 13.4 Å². The van der Waals surface area contributed by atoms with Gasteiger partial charge in [-0.25, -0.2) is 4.79 Å². The number of fused-ring (bicyclic) bond motifs is 1. The highest BCUT2D eigenvalue weighted by Gasteiger charge is 2.13. The molecule has 0 bridgehead atoms. The number of rotatable bonds is 3. The summed E-state index contributed by atoms with van der Waals surface area (Å²) < 4.78 is 15.6. The summed E-state index contributed by atoms with van der Waals surface area (Å²) in [4.78, 5) is 11.6. The average molecular weight is 271 g/mol. The second kappa shape index (κ2) is 5.52. The van der Waals surface area contributed by atoms with Gasteiger partial charge in [-0.05, 0) is 29.8 Å². The summed E-state index contributed by atoms with van der Waals surface area (Å²) in [5.74, 6) is 1.39. The molecule has 1 amide bonds. The lowest BCUT2D eigenvalue weighted by molar-refractivity contribution is 0.154. The molecule has 102 valence electrons. The molecule has 0 fully saturated rings. The third-order valence-corrected chi connectivity index (χ3v) is 2.83. The Bertz CT molecular complexity index is 613. The van der Waals surface area contributed by atoms with Crippen molar-refractivity contribution >= 4 is 11.8 Å². The van der Waals surface area contributed by atoms with Gasteiger partial charge in [0.2, 0.25) is 6.79 Å². The van der Waals surface area contributed by atoms with Gasteiger partial charge in [-0.15, -0.1) is 0 Å². The zero-order valence-electron chi connectivity index (χ0n) is 10.7. The summed E-state index contributed by atoms with van der Waals surface area (Å²) in [6.45, 7) is 0.406. The van der Waals surface area contributed by atoms with Crippen LogP contribution in [0.3, 0.4) is 0 Å². The fraction of sp³-hybridized carbons (Fsp3) is 0.133. The Labute approximate surface area is 116 Å². The van der Waals surface area contributed by atoms with Crippen LogP contribution in [0.4, 0.5) is 10.5 Å². The molecule has 0 saturated carbocycles. The Morgan fingerprint density at radius 3 is 2.75 bits per heavy atom. The fourth-order valence-electron chi connectivity index (χ4n) is 1.86. The van der Waals surface area contributed by atoms with E-state index in [1.165, 1.54) is 0 Å². The van der Waals surface area contributed by atoms with Crippen LogP contribution in [0.15, 0.2) is 48.5 Å². The van der Waals surface area contributed by atoms with Gasteiger partial charge < -0.3 is 14.2 Å². The van der Waals surface area contributed by atoms with E-state index < -0.39 is 6.09 Å². The Hall–Kier alpha value is -2.69. The maximum atomic E-state index is 11.6. The van der Waals surface area contributed by atoms with Crippen molar-refractivity contribution in [2.75, 3.05) is 12.1 Å². The minimum Gasteiger partial charge on any atom is -0.454 e. The molecule has 0 aliphatic carbocycles. The molecule has 5 heteroatoms. The third-order valence-electron chi connectivity index (χ3n) is 2.83. The molecule has 20 heavy (non-hydrogen) atoms. The molecule has 2 aromatic rings. The Balaban J connectivity index is 1.55. The molecule has 0 unspecified atom stereocenters. The lowest BCUT2D eigenvalue weighted by atomic mass is 10.2. The number of benzene rings is 2. The maximum absolute atomic E-state index is 11.6. The van der Waals surface area contributed by atoms with Crippen molar-refractivity contribution in [3.63, 3.8) is 0 Å². The standard InChI is InChI=1S/C15H13NO4/c17-15(16-12-4-2-1-3-5-12)18-9-11-6-7-13-14(8-11)20-10-19-13/h1-8H,9-10H2,(H,16,17). The second-order valence-corrected chi connectivity index (χ2v) is 4.25. The van der Waals surface area contributed by atoms with E-state index in [1.54, 1.807) is 24.3 Å². The normalized spacial score (nSPS) is 12.0. The maximum Gasteiger partial charge on any atom is 0.411 e. The topological polar surface area (TPSA) is 56.8 Å².